The van der Waals surface area contributed by atoms with E-state index in [0.29, 0.717) is 13.1 Å². The zero-order valence-corrected chi connectivity index (χ0v) is 25.0. The Morgan fingerprint density at radius 3 is 2.23 bits per heavy atom. The van der Waals surface area contributed by atoms with Crippen LogP contribution < -0.4 is 5.32 Å². The number of carbonyl (C=O) groups excluding carboxylic acids is 4. The Kier molecular flexibility index (Phi) is 10.7. The Morgan fingerprint density at radius 1 is 0.850 bits per heavy atom. The Bertz CT molecular complexity index is 909. The molecule has 0 spiro atoms. The summed E-state index contributed by atoms with van der Waals surface area (Å²) in [5.41, 5.74) is 0. The van der Waals surface area contributed by atoms with Crippen molar-refractivity contribution in [3.05, 3.63) is 0 Å². The molecule has 3 unspecified atom stereocenters. The number of ether oxygens (including phenoxy) is 1. The maximum absolute atomic E-state index is 13.8. The molecule has 0 aromatic carbocycles. The molecule has 0 radical (unpaired) electrons. The van der Waals surface area contributed by atoms with Crippen LogP contribution in [0.1, 0.15) is 71.6 Å². The van der Waals surface area contributed by atoms with Crippen LogP contribution in [0.2, 0.25) is 0 Å². The predicted molar refractivity (Wildman–Crippen MR) is 151 cm³/mol. The minimum absolute atomic E-state index is 0.0566. The first kappa shape index (κ1) is 30.6. The van der Waals surface area contributed by atoms with Crippen LogP contribution in [0.4, 0.5) is 4.79 Å². The molecular formula is C29H50N6O5. The molecule has 0 bridgehead atoms. The summed E-state index contributed by atoms with van der Waals surface area (Å²) in [7, 11) is 3.71. The molecular weight excluding hydrogens is 512 g/mol. The Hall–Kier alpha value is -2.40. The van der Waals surface area contributed by atoms with Crippen LogP contribution in [0.3, 0.4) is 0 Å². The Morgan fingerprint density at radius 2 is 1.52 bits per heavy atom. The van der Waals surface area contributed by atoms with Crippen molar-refractivity contribution in [1.82, 2.24) is 29.8 Å². The van der Waals surface area contributed by atoms with Gasteiger partial charge in [0.05, 0.1) is 6.04 Å². The second-order valence-corrected chi connectivity index (χ2v) is 12.4. The molecule has 0 saturated carbocycles. The molecule has 11 nitrogen and oxygen atoms in total. The number of piperidine rings is 1. The fraction of sp³-hybridized carbons (Fsp3) is 0.862. The van der Waals surface area contributed by atoms with Gasteiger partial charge in [-0.15, -0.1) is 0 Å². The van der Waals surface area contributed by atoms with Crippen LogP contribution >= 0.6 is 0 Å². The molecule has 40 heavy (non-hydrogen) atoms. The lowest BCUT2D eigenvalue weighted by molar-refractivity contribution is -0.146. The monoisotopic (exact) mass is 562 g/mol. The van der Waals surface area contributed by atoms with Gasteiger partial charge in [-0.25, -0.2) is 4.79 Å². The highest BCUT2D eigenvalue weighted by Gasteiger charge is 2.43. The van der Waals surface area contributed by atoms with Gasteiger partial charge in [0.2, 0.25) is 17.7 Å². The third-order valence-corrected chi connectivity index (χ3v) is 9.30. The van der Waals surface area contributed by atoms with Crippen LogP contribution in [-0.2, 0) is 19.1 Å². The van der Waals surface area contributed by atoms with E-state index in [1.54, 1.807) is 11.9 Å². The number of likely N-dealkylation sites (tertiary alicyclic amines) is 4. The van der Waals surface area contributed by atoms with E-state index >= 15 is 0 Å². The summed E-state index contributed by atoms with van der Waals surface area (Å²) in [6.07, 6.45) is 7.46. The zero-order chi connectivity index (χ0) is 28.8. The molecule has 4 fully saturated rings. The van der Waals surface area contributed by atoms with Gasteiger partial charge in [-0.2, -0.15) is 0 Å². The van der Waals surface area contributed by atoms with Gasteiger partial charge in [-0.1, -0.05) is 13.8 Å². The Balaban J connectivity index is 1.31. The lowest BCUT2D eigenvalue weighted by Gasteiger charge is -2.38. The number of rotatable bonds is 9. The maximum atomic E-state index is 13.8. The predicted octanol–water partition coefficient (Wildman–Crippen LogP) is 1.72. The maximum Gasteiger partial charge on any atom is 0.409 e. The van der Waals surface area contributed by atoms with E-state index < -0.39 is 6.09 Å². The van der Waals surface area contributed by atoms with Crippen LogP contribution in [0, 0.1) is 5.92 Å². The summed E-state index contributed by atoms with van der Waals surface area (Å²) in [6, 6.07) is -0.724. The average Bonchev–Trinajstić information content (AvgIpc) is 3.72. The number of hydrogen-bond donors (Lipinski definition) is 1. The van der Waals surface area contributed by atoms with Gasteiger partial charge in [0.1, 0.15) is 12.6 Å². The van der Waals surface area contributed by atoms with Crippen LogP contribution in [0.15, 0.2) is 0 Å². The second-order valence-electron chi connectivity index (χ2n) is 12.4. The SMILES string of the molecule is CC(C)[C@@H](CN1CCCC1C(=O)N1CCCC1C(=O)N1CCCC1)N(C)C(=O)CNC(=O)OC1CCCCN1C. The number of alkyl carbamates (subject to hydrolysis) is 1. The van der Waals surface area contributed by atoms with E-state index in [1.165, 1.54) is 0 Å². The minimum Gasteiger partial charge on any atom is -0.430 e. The summed E-state index contributed by atoms with van der Waals surface area (Å²) < 4.78 is 5.52. The smallest absolute Gasteiger partial charge is 0.409 e. The van der Waals surface area contributed by atoms with Crippen LogP contribution in [0.25, 0.3) is 0 Å². The average molecular weight is 563 g/mol. The van der Waals surface area contributed by atoms with Crippen LogP contribution in [-0.4, -0.2) is 133 Å². The number of amides is 4. The quantitative estimate of drug-likeness (QED) is 0.456. The molecule has 0 aromatic heterocycles. The van der Waals surface area contributed by atoms with E-state index in [4.69, 9.17) is 4.74 Å². The lowest BCUT2D eigenvalue weighted by Crippen LogP contribution is -2.55. The summed E-state index contributed by atoms with van der Waals surface area (Å²) in [5.74, 6) is 0.135. The first-order valence-corrected chi connectivity index (χ1v) is 15.4. The Labute approximate surface area is 239 Å². The van der Waals surface area contributed by atoms with Crippen LogP contribution in [0.5, 0.6) is 0 Å². The normalized spacial score (nSPS) is 26.8. The number of likely N-dealkylation sites (N-methyl/N-ethyl adjacent to an activating group) is 1. The molecule has 4 amide bonds. The first-order valence-electron chi connectivity index (χ1n) is 15.4. The van der Waals surface area contributed by atoms with E-state index in [9.17, 15) is 19.2 Å². The fourth-order valence-electron chi connectivity index (χ4n) is 6.79. The first-order chi connectivity index (χ1) is 19.2. The second kappa shape index (κ2) is 14.0. The summed E-state index contributed by atoms with van der Waals surface area (Å²) >= 11 is 0. The molecule has 226 valence electrons. The fourth-order valence-corrected chi connectivity index (χ4v) is 6.79. The summed E-state index contributed by atoms with van der Waals surface area (Å²) in [6.45, 7) is 8.51. The van der Waals surface area contributed by atoms with Crippen molar-refractivity contribution in [2.45, 2.75) is 96.0 Å². The van der Waals surface area contributed by atoms with Gasteiger partial charge in [0.15, 0.2) is 6.23 Å². The molecule has 1 N–H and O–H groups in total. The number of carbonyl (C=O) groups is 4. The summed E-state index contributed by atoms with van der Waals surface area (Å²) in [4.78, 5) is 62.1. The molecule has 4 heterocycles. The number of nitrogens with one attached hydrogen (secondary N) is 1. The molecule has 0 aliphatic carbocycles. The largest absolute Gasteiger partial charge is 0.430 e. The van der Waals surface area contributed by atoms with Gasteiger partial charge in [-0.3, -0.25) is 24.2 Å². The highest BCUT2D eigenvalue weighted by atomic mass is 16.6. The van der Waals surface area contributed by atoms with Crippen molar-refractivity contribution in [2.24, 2.45) is 5.92 Å². The van der Waals surface area contributed by atoms with E-state index in [1.807, 2.05) is 21.7 Å². The van der Waals surface area contributed by atoms with Gasteiger partial charge < -0.3 is 24.8 Å². The van der Waals surface area contributed by atoms with E-state index in [2.05, 4.69) is 24.1 Å². The number of hydrogen-bond acceptors (Lipinski definition) is 7. The van der Waals surface area contributed by atoms with Crippen molar-refractivity contribution in [2.75, 3.05) is 59.9 Å². The third-order valence-electron chi connectivity index (χ3n) is 9.30. The molecule has 4 aliphatic heterocycles. The van der Waals surface area contributed by atoms with Crippen molar-refractivity contribution < 1.29 is 23.9 Å². The molecule has 4 aliphatic rings. The van der Waals surface area contributed by atoms with Crippen molar-refractivity contribution in [3.8, 4) is 0 Å². The van der Waals surface area contributed by atoms with E-state index in [-0.39, 0.29) is 54.5 Å². The summed E-state index contributed by atoms with van der Waals surface area (Å²) in [5, 5.41) is 2.63. The molecule has 11 heteroatoms. The van der Waals surface area contributed by atoms with Crippen molar-refractivity contribution in [3.63, 3.8) is 0 Å². The lowest BCUT2D eigenvalue weighted by atomic mass is 10.0. The zero-order valence-electron chi connectivity index (χ0n) is 25.0. The highest BCUT2D eigenvalue weighted by Crippen LogP contribution is 2.28. The molecule has 4 saturated heterocycles. The third kappa shape index (κ3) is 7.26. The van der Waals surface area contributed by atoms with Gasteiger partial charge >= 0.3 is 6.09 Å². The molecule has 0 aromatic rings. The topological polar surface area (TPSA) is 106 Å². The van der Waals surface area contributed by atoms with Crippen molar-refractivity contribution in [1.29, 1.82) is 0 Å². The highest BCUT2D eigenvalue weighted by molar-refractivity contribution is 5.90. The van der Waals surface area contributed by atoms with Gasteiger partial charge in [0, 0.05) is 45.8 Å². The standard InChI is InChI=1S/C29H50N6O5/c1-21(2)24(32(4)25(36)19-30-29(39)40-26-13-5-6-14-31(26)3)20-34-17-9-11-22(34)28(38)35-18-10-12-23(35)27(37)33-15-7-8-16-33/h21-24,26H,5-20H2,1-4H3,(H,30,39)/t22?,23?,24-,26?/m1/s1. The minimum atomic E-state index is -0.574. The van der Waals surface area contributed by atoms with Gasteiger partial charge in [0.25, 0.3) is 0 Å². The van der Waals surface area contributed by atoms with Crippen molar-refractivity contribution >= 4 is 23.8 Å². The number of nitrogens with zero attached hydrogens (tertiary/aromatic N) is 5. The molecule has 4 rings (SSSR count). The van der Waals surface area contributed by atoms with Gasteiger partial charge in [-0.05, 0) is 77.3 Å². The van der Waals surface area contributed by atoms with E-state index in [0.717, 1.165) is 84.0 Å². The molecule has 4 atom stereocenters.